The Morgan fingerprint density at radius 1 is 1.35 bits per heavy atom. The van der Waals surface area contributed by atoms with Gasteiger partial charge in [0.15, 0.2) is 0 Å². The summed E-state index contributed by atoms with van der Waals surface area (Å²) in [5, 5.41) is 2.42. The van der Waals surface area contributed by atoms with Crippen molar-refractivity contribution in [3.63, 3.8) is 0 Å². The predicted molar refractivity (Wildman–Crippen MR) is 86.8 cm³/mol. The second-order valence-electron chi connectivity index (χ2n) is 4.29. The molecule has 2 aromatic rings. The van der Waals surface area contributed by atoms with E-state index < -0.39 is 10.0 Å². The molecule has 0 N–H and O–H groups in total. The molecule has 0 aliphatic rings. The van der Waals surface area contributed by atoms with Gasteiger partial charge in [-0.15, -0.1) is 11.3 Å². The van der Waals surface area contributed by atoms with Crippen LogP contribution in [0.3, 0.4) is 0 Å². The van der Waals surface area contributed by atoms with Gasteiger partial charge in [-0.2, -0.15) is 4.31 Å². The van der Waals surface area contributed by atoms with Crippen molar-refractivity contribution >= 4 is 48.9 Å². The molecule has 0 bridgehead atoms. The van der Waals surface area contributed by atoms with Crippen molar-refractivity contribution in [3.05, 3.63) is 50.1 Å². The van der Waals surface area contributed by atoms with Crippen molar-refractivity contribution < 1.29 is 8.42 Å². The highest BCUT2D eigenvalue weighted by Gasteiger charge is 2.27. The summed E-state index contributed by atoms with van der Waals surface area (Å²) in [5.74, 6) is 0. The minimum absolute atomic E-state index is 0.213. The molecule has 1 unspecified atom stereocenters. The lowest BCUT2D eigenvalue weighted by Gasteiger charge is -2.23. The Bertz CT molecular complexity index is 701. The molecule has 0 aliphatic heterocycles. The molecule has 0 saturated heterocycles. The molecule has 2 rings (SSSR count). The molecule has 0 aliphatic carbocycles. The highest BCUT2D eigenvalue weighted by Crippen LogP contribution is 2.31. The average Bonchev–Trinajstić information content (AvgIpc) is 2.94. The number of benzene rings is 1. The van der Waals surface area contributed by atoms with Crippen LogP contribution in [-0.4, -0.2) is 19.8 Å². The van der Waals surface area contributed by atoms with Gasteiger partial charge >= 0.3 is 0 Å². The third-order valence-electron chi connectivity index (χ3n) is 3.07. The van der Waals surface area contributed by atoms with Gasteiger partial charge in [-0.3, -0.25) is 0 Å². The summed E-state index contributed by atoms with van der Waals surface area (Å²) in [7, 11) is -1.97. The normalized spacial score (nSPS) is 13.7. The van der Waals surface area contributed by atoms with E-state index in [9.17, 15) is 8.42 Å². The molecule has 1 atom stereocenters. The van der Waals surface area contributed by atoms with Gasteiger partial charge in [0.2, 0.25) is 10.0 Å². The highest BCUT2D eigenvalue weighted by molar-refractivity contribution is 9.10. The first-order chi connectivity index (χ1) is 9.34. The van der Waals surface area contributed by atoms with Crippen molar-refractivity contribution in [3.8, 4) is 0 Å². The molecule has 0 amide bonds. The standard InChI is InChI=1S/C13H13BrClNO2S2/c1-9(13-4-3-7-19-13)16(2)20(17,18)10-5-6-12(15)11(14)8-10/h3-9H,1-2H3. The van der Waals surface area contributed by atoms with Crippen molar-refractivity contribution in [2.75, 3.05) is 7.05 Å². The number of halogens is 2. The Kier molecular flexibility index (Phi) is 4.92. The summed E-state index contributed by atoms with van der Waals surface area (Å²) >= 11 is 10.7. The van der Waals surface area contributed by atoms with Gasteiger partial charge in [-0.1, -0.05) is 17.7 Å². The highest BCUT2D eigenvalue weighted by atomic mass is 79.9. The van der Waals surface area contributed by atoms with Crippen LogP contribution in [0.4, 0.5) is 0 Å². The first-order valence-electron chi connectivity index (χ1n) is 5.80. The van der Waals surface area contributed by atoms with Crippen LogP contribution in [0.1, 0.15) is 17.8 Å². The molecular formula is C13H13BrClNO2S2. The van der Waals surface area contributed by atoms with E-state index in [0.717, 1.165) is 4.88 Å². The minimum atomic E-state index is -3.55. The molecular weight excluding hydrogens is 382 g/mol. The number of hydrogen-bond acceptors (Lipinski definition) is 3. The third kappa shape index (κ3) is 3.09. The molecule has 1 aromatic heterocycles. The Balaban J connectivity index is 2.36. The molecule has 20 heavy (non-hydrogen) atoms. The van der Waals surface area contributed by atoms with Gasteiger partial charge in [-0.25, -0.2) is 8.42 Å². The van der Waals surface area contributed by atoms with Gasteiger partial charge in [0.25, 0.3) is 0 Å². The van der Waals surface area contributed by atoms with Crippen LogP contribution < -0.4 is 0 Å². The van der Waals surface area contributed by atoms with Crippen molar-refractivity contribution in [1.29, 1.82) is 0 Å². The zero-order valence-corrected chi connectivity index (χ0v) is 14.9. The summed E-state index contributed by atoms with van der Waals surface area (Å²) in [4.78, 5) is 1.23. The molecule has 0 saturated carbocycles. The molecule has 108 valence electrons. The molecule has 1 heterocycles. The summed E-state index contributed by atoms with van der Waals surface area (Å²) < 4.78 is 27.1. The van der Waals surface area contributed by atoms with Crippen LogP contribution in [0.15, 0.2) is 45.1 Å². The third-order valence-corrected chi connectivity index (χ3v) is 7.25. The van der Waals surface area contributed by atoms with Gasteiger partial charge in [0, 0.05) is 16.4 Å². The average molecular weight is 395 g/mol. The summed E-state index contributed by atoms with van der Waals surface area (Å²) in [6.45, 7) is 1.87. The van der Waals surface area contributed by atoms with Crippen LogP contribution in [0.2, 0.25) is 5.02 Å². The van der Waals surface area contributed by atoms with Crippen LogP contribution in [0.25, 0.3) is 0 Å². The van der Waals surface area contributed by atoms with E-state index in [0.29, 0.717) is 9.50 Å². The fraction of sp³-hybridized carbons (Fsp3) is 0.231. The first-order valence-corrected chi connectivity index (χ1v) is 9.29. The van der Waals surface area contributed by atoms with Crippen molar-refractivity contribution in [2.45, 2.75) is 17.9 Å². The SMILES string of the molecule is CC(c1cccs1)N(C)S(=O)(=O)c1ccc(Cl)c(Br)c1. The number of hydrogen-bond donors (Lipinski definition) is 0. The maximum absolute atomic E-state index is 12.6. The van der Waals surface area contributed by atoms with E-state index in [1.54, 1.807) is 13.1 Å². The second kappa shape index (κ2) is 6.15. The first kappa shape index (κ1) is 16.0. The van der Waals surface area contributed by atoms with Crippen LogP contribution in [0.5, 0.6) is 0 Å². The van der Waals surface area contributed by atoms with E-state index in [4.69, 9.17) is 11.6 Å². The molecule has 0 radical (unpaired) electrons. The van der Waals surface area contributed by atoms with Gasteiger partial charge in [-0.05, 0) is 52.5 Å². The van der Waals surface area contributed by atoms with Crippen molar-refractivity contribution in [2.24, 2.45) is 0 Å². The lowest BCUT2D eigenvalue weighted by atomic mass is 10.3. The fourth-order valence-electron chi connectivity index (χ4n) is 1.72. The topological polar surface area (TPSA) is 37.4 Å². The fourth-order valence-corrected chi connectivity index (χ4v) is 4.63. The molecule has 3 nitrogen and oxygen atoms in total. The Hall–Kier alpha value is -0.400. The summed E-state index contributed by atoms with van der Waals surface area (Å²) in [6.07, 6.45) is 0. The van der Waals surface area contributed by atoms with Crippen LogP contribution in [0, 0.1) is 0 Å². The summed E-state index contributed by atoms with van der Waals surface area (Å²) in [5.41, 5.74) is 0. The monoisotopic (exact) mass is 393 g/mol. The van der Waals surface area contributed by atoms with Gasteiger partial charge in [0.1, 0.15) is 0 Å². The van der Waals surface area contributed by atoms with Gasteiger partial charge < -0.3 is 0 Å². The smallest absolute Gasteiger partial charge is 0.207 e. The predicted octanol–water partition coefficient (Wildman–Crippen LogP) is 4.55. The molecule has 7 heteroatoms. The zero-order valence-electron chi connectivity index (χ0n) is 10.9. The quantitative estimate of drug-likeness (QED) is 0.763. The van der Waals surface area contributed by atoms with E-state index in [-0.39, 0.29) is 10.9 Å². The largest absolute Gasteiger partial charge is 0.243 e. The number of nitrogens with zero attached hydrogens (tertiary/aromatic N) is 1. The second-order valence-corrected chi connectivity index (χ2v) is 8.53. The maximum Gasteiger partial charge on any atom is 0.243 e. The Labute approximate surface area is 136 Å². The van der Waals surface area contributed by atoms with E-state index >= 15 is 0 Å². The van der Waals surface area contributed by atoms with Crippen LogP contribution >= 0.6 is 38.9 Å². The van der Waals surface area contributed by atoms with Gasteiger partial charge in [0.05, 0.1) is 16.0 Å². The Morgan fingerprint density at radius 3 is 2.60 bits per heavy atom. The number of sulfonamides is 1. The zero-order chi connectivity index (χ0) is 14.9. The van der Waals surface area contributed by atoms with E-state index in [2.05, 4.69) is 15.9 Å². The number of rotatable bonds is 4. The lowest BCUT2D eigenvalue weighted by molar-refractivity contribution is 0.403. The van der Waals surface area contributed by atoms with Crippen LogP contribution in [-0.2, 0) is 10.0 Å². The summed E-state index contributed by atoms with van der Waals surface area (Å²) in [6, 6.07) is 8.24. The van der Waals surface area contributed by atoms with E-state index in [1.165, 1.54) is 27.8 Å². The van der Waals surface area contributed by atoms with Crippen molar-refractivity contribution in [1.82, 2.24) is 4.31 Å². The van der Waals surface area contributed by atoms with E-state index in [1.807, 2.05) is 24.4 Å². The molecule has 0 spiro atoms. The maximum atomic E-state index is 12.6. The molecule has 0 fully saturated rings. The minimum Gasteiger partial charge on any atom is -0.207 e. The molecule has 1 aromatic carbocycles. The number of thiophene rings is 1. The lowest BCUT2D eigenvalue weighted by Crippen LogP contribution is -2.29. The Morgan fingerprint density at radius 2 is 2.05 bits per heavy atom.